The Bertz CT molecular complexity index is 1070. The minimum atomic E-state index is 0.00342. The second-order valence-electron chi connectivity index (χ2n) is 10.6. The van der Waals surface area contributed by atoms with Gasteiger partial charge in [0.1, 0.15) is 0 Å². The van der Waals surface area contributed by atoms with Gasteiger partial charge in [0, 0.05) is 41.9 Å². The van der Waals surface area contributed by atoms with Gasteiger partial charge in [0.15, 0.2) is 11.5 Å². The molecule has 7 aliphatic rings. The molecule has 6 nitrogen and oxygen atoms in total. The van der Waals surface area contributed by atoms with Gasteiger partial charge in [-0.3, -0.25) is 9.69 Å². The van der Waals surface area contributed by atoms with Crippen molar-refractivity contribution in [1.82, 2.24) is 4.90 Å². The molecule has 2 aliphatic carbocycles. The molecular formula is C25H28N2O4. The summed E-state index contributed by atoms with van der Waals surface area (Å²) in [5, 5.41) is 0. The van der Waals surface area contributed by atoms with Gasteiger partial charge in [-0.25, -0.2) is 0 Å². The van der Waals surface area contributed by atoms with Crippen LogP contribution in [0.3, 0.4) is 0 Å². The lowest BCUT2D eigenvalue weighted by Gasteiger charge is -2.58. The van der Waals surface area contributed by atoms with E-state index in [1.165, 1.54) is 18.4 Å². The van der Waals surface area contributed by atoms with Gasteiger partial charge in [-0.1, -0.05) is 11.6 Å². The number of ether oxygens (including phenoxy) is 3. The molecule has 2 bridgehead atoms. The zero-order valence-corrected chi connectivity index (χ0v) is 18.0. The summed E-state index contributed by atoms with van der Waals surface area (Å²) in [6.45, 7) is 1.77. The molecule has 0 N–H and O–H groups in total. The Balaban J connectivity index is 1.44. The van der Waals surface area contributed by atoms with E-state index in [0.717, 1.165) is 24.4 Å². The molecular weight excluding hydrogens is 392 g/mol. The average molecular weight is 421 g/mol. The second kappa shape index (κ2) is 5.46. The van der Waals surface area contributed by atoms with Crippen LogP contribution >= 0.6 is 0 Å². The summed E-state index contributed by atoms with van der Waals surface area (Å²) in [6, 6.07) is 5.76. The van der Waals surface area contributed by atoms with E-state index >= 15 is 0 Å². The average Bonchev–Trinajstić information content (AvgIpc) is 3.36. The van der Waals surface area contributed by atoms with Crippen LogP contribution in [0.1, 0.15) is 31.2 Å². The van der Waals surface area contributed by atoms with E-state index in [1.807, 2.05) is 0 Å². The SMILES string of the molecule is COc1cc2c(cc1OC)[C@]13CC[C@H]4C[C@H]1[C@@H]1[C@@H]5C(=CCO[C@@H]6CC(=O)N2[C@H]3[C@@H]56)CN41. The molecule has 6 heteroatoms. The number of hydrogen-bond donors (Lipinski definition) is 0. The minimum absolute atomic E-state index is 0.00342. The Labute approximate surface area is 182 Å². The monoisotopic (exact) mass is 420 g/mol. The van der Waals surface area contributed by atoms with Crippen molar-refractivity contribution in [2.75, 3.05) is 32.3 Å². The molecule has 1 aromatic carbocycles. The van der Waals surface area contributed by atoms with E-state index in [1.54, 1.807) is 19.8 Å². The first-order valence-electron chi connectivity index (χ1n) is 11.8. The fourth-order valence-corrected chi connectivity index (χ4v) is 9.31. The standard InChI is InChI=1S/C25H28N2O4/c1-29-17-8-14-16(9-18(17)30-2)27-20(28)10-19-22-21-12(4-6-31-19)11-26-13-3-5-25(14,24(22)27)15(7-13)23(21)26/h4,8-9,13,15,19,21-24H,3,5-7,10-11H2,1-2H3/t13-,15-,19+,21+,22+,23+,24-,25+/m0/s1. The van der Waals surface area contributed by atoms with E-state index in [9.17, 15) is 4.79 Å². The maximum Gasteiger partial charge on any atom is 0.229 e. The van der Waals surface area contributed by atoms with Crippen LogP contribution in [0, 0.1) is 17.8 Å². The van der Waals surface area contributed by atoms with E-state index in [4.69, 9.17) is 14.2 Å². The maximum absolute atomic E-state index is 13.6. The predicted molar refractivity (Wildman–Crippen MR) is 114 cm³/mol. The van der Waals surface area contributed by atoms with Crippen molar-refractivity contribution in [3.05, 3.63) is 29.3 Å². The first-order valence-corrected chi connectivity index (χ1v) is 11.8. The van der Waals surface area contributed by atoms with Crippen molar-refractivity contribution in [3.8, 4) is 11.5 Å². The molecule has 5 fully saturated rings. The molecule has 0 aromatic heterocycles. The number of piperidine rings is 1. The Hall–Kier alpha value is -2.05. The van der Waals surface area contributed by atoms with Gasteiger partial charge in [0.05, 0.1) is 45.1 Å². The molecule has 1 spiro atoms. The van der Waals surface area contributed by atoms with Gasteiger partial charge in [-0.15, -0.1) is 0 Å². The Morgan fingerprint density at radius 3 is 2.87 bits per heavy atom. The van der Waals surface area contributed by atoms with Crippen LogP contribution in [-0.4, -0.2) is 62.4 Å². The molecule has 5 heterocycles. The highest BCUT2D eigenvalue weighted by Crippen LogP contribution is 2.71. The zero-order chi connectivity index (χ0) is 20.6. The molecule has 1 aromatic rings. The molecule has 3 saturated heterocycles. The fourth-order valence-electron chi connectivity index (χ4n) is 9.31. The van der Waals surface area contributed by atoms with Crippen molar-refractivity contribution in [2.24, 2.45) is 17.8 Å². The fraction of sp³-hybridized carbons (Fsp3) is 0.640. The minimum Gasteiger partial charge on any atom is -0.493 e. The molecule has 5 aliphatic heterocycles. The molecule has 0 radical (unpaired) electrons. The third-order valence-corrected chi connectivity index (χ3v) is 10.1. The summed E-state index contributed by atoms with van der Waals surface area (Å²) in [4.78, 5) is 18.7. The smallest absolute Gasteiger partial charge is 0.229 e. The third kappa shape index (κ3) is 1.74. The van der Waals surface area contributed by atoms with Crippen LogP contribution in [0.15, 0.2) is 23.8 Å². The molecule has 0 unspecified atom stereocenters. The summed E-state index contributed by atoms with van der Waals surface area (Å²) in [5.74, 6) is 3.21. The van der Waals surface area contributed by atoms with Crippen LogP contribution < -0.4 is 14.4 Å². The highest BCUT2D eigenvalue weighted by molar-refractivity contribution is 5.99. The lowest BCUT2D eigenvalue weighted by molar-refractivity contribution is -0.133. The van der Waals surface area contributed by atoms with E-state index in [-0.39, 0.29) is 23.5 Å². The number of hydrogen-bond acceptors (Lipinski definition) is 5. The molecule has 8 atom stereocenters. The Kier molecular flexibility index (Phi) is 3.08. The quantitative estimate of drug-likeness (QED) is 0.688. The third-order valence-electron chi connectivity index (χ3n) is 10.1. The van der Waals surface area contributed by atoms with Gasteiger partial charge in [0.2, 0.25) is 5.91 Å². The Morgan fingerprint density at radius 2 is 2.03 bits per heavy atom. The summed E-state index contributed by atoms with van der Waals surface area (Å²) < 4.78 is 17.8. The predicted octanol–water partition coefficient (Wildman–Crippen LogP) is 2.50. The van der Waals surface area contributed by atoms with Gasteiger partial charge >= 0.3 is 0 Å². The molecule has 8 rings (SSSR count). The first kappa shape index (κ1) is 17.5. The summed E-state index contributed by atoms with van der Waals surface area (Å²) in [5.41, 5.74) is 3.99. The highest BCUT2D eigenvalue weighted by Gasteiger charge is 2.75. The van der Waals surface area contributed by atoms with Gasteiger partial charge in [-0.2, -0.15) is 0 Å². The van der Waals surface area contributed by atoms with Crippen molar-refractivity contribution in [2.45, 2.75) is 55.3 Å². The number of benzene rings is 1. The number of carbonyl (C=O) groups is 1. The van der Waals surface area contributed by atoms with E-state index in [0.29, 0.717) is 48.6 Å². The van der Waals surface area contributed by atoms with Gasteiger partial charge in [0.25, 0.3) is 0 Å². The largest absolute Gasteiger partial charge is 0.493 e. The van der Waals surface area contributed by atoms with Crippen LogP contribution in [0.2, 0.25) is 0 Å². The number of nitrogens with zero attached hydrogens (tertiary/aromatic N) is 2. The van der Waals surface area contributed by atoms with Crippen LogP contribution in [0.5, 0.6) is 11.5 Å². The Morgan fingerprint density at radius 1 is 1.19 bits per heavy atom. The molecule has 162 valence electrons. The highest BCUT2D eigenvalue weighted by atomic mass is 16.5. The number of amides is 1. The zero-order valence-electron chi connectivity index (χ0n) is 18.0. The van der Waals surface area contributed by atoms with Crippen LogP contribution in [0.25, 0.3) is 0 Å². The van der Waals surface area contributed by atoms with Crippen molar-refractivity contribution >= 4 is 11.6 Å². The lowest BCUT2D eigenvalue weighted by atomic mass is 9.48. The second-order valence-corrected chi connectivity index (χ2v) is 10.6. The van der Waals surface area contributed by atoms with Crippen molar-refractivity contribution < 1.29 is 19.0 Å². The first-order chi connectivity index (χ1) is 15.2. The number of carbonyl (C=O) groups excluding carboxylic acids is 1. The van der Waals surface area contributed by atoms with Crippen molar-refractivity contribution in [1.29, 1.82) is 0 Å². The summed E-state index contributed by atoms with van der Waals surface area (Å²) >= 11 is 0. The van der Waals surface area contributed by atoms with Crippen LogP contribution in [-0.2, 0) is 14.9 Å². The van der Waals surface area contributed by atoms with Gasteiger partial charge < -0.3 is 19.1 Å². The summed E-state index contributed by atoms with van der Waals surface area (Å²) in [6.07, 6.45) is 6.51. The molecule has 2 saturated carbocycles. The number of rotatable bonds is 2. The van der Waals surface area contributed by atoms with Crippen molar-refractivity contribution in [3.63, 3.8) is 0 Å². The number of fused-ring (bicyclic) bond motifs is 4. The van der Waals surface area contributed by atoms with E-state index < -0.39 is 0 Å². The van der Waals surface area contributed by atoms with E-state index in [2.05, 4.69) is 28.0 Å². The molecule has 31 heavy (non-hydrogen) atoms. The topological polar surface area (TPSA) is 51.2 Å². The van der Waals surface area contributed by atoms with Gasteiger partial charge in [-0.05, 0) is 36.8 Å². The summed E-state index contributed by atoms with van der Waals surface area (Å²) in [7, 11) is 3.39. The van der Waals surface area contributed by atoms with Crippen LogP contribution in [0.4, 0.5) is 5.69 Å². The number of anilines is 1. The number of methoxy groups -OCH3 is 2. The maximum atomic E-state index is 13.6. The normalized spacial score (nSPS) is 45.4. The molecule has 1 amide bonds. The lowest BCUT2D eigenvalue weighted by Crippen LogP contribution is -2.68.